The van der Waals surface area contributed by atoms with Crippen LogP contribution in [0.15, 0.2) is 11.2 Å². The van der Waals surface area contributed by atoms with Gasteiger partial charge in [-0.2, -0.15) is 0 Å². The van der Waals surface area contributed by atoms with Crippen LogP contribution in [0.3, 0.4) is 0 Å². The summed E-state index contributed by atoms with van der Waals surface area (Å²) in [6, 6.07) is 0.130. The van der Waals surface area contributed by atoms with E-state index in [9.17, 15) is 0 Å². The Morgan fingerprint density at radius 3 is 2.93 bits per heavy atom. The van der Waals surface area contributed by atoms with Gasteiger partial charge in [0.2, 0.25) is 0 Å². The van der Waals surface area contributed by atoms with Crippen LogP contribution in [0.5, 0.6) is 0 Å². The van der Waals surface area contributed by atoms with E-state index in [4.69, 9.17) is 5.73 Å². The third kappa shape index (κ3) is 3.51. The number of hydrogen-bond acceptors (Lipinski definition) is 3. The Labute approximate surface area is 94.6 Å². The number of aliphatic imine (C=N–C) groups is 1. The van der Waals surface area contributed by atoms with Gasteiger partial charge in [0.25, 0.3) is 0 Å². The van der Waals surface area contributed by atoms with Crippen molar-refractivity contribution in [2.45, 2.75) is 33.2 Å². The minimum atomic E-state index is 0.130. The molecule has 0 radical (unpaired) electrons. The zero-order chi connectivity index (χ0) is 11.3. The van der Waals surface area contributed by atoms with Gasteiger partial charge >= 0.3 is 0 Å². The summed E-state index contributed by atoms with van der Waals surface area (Å²) >= 11 is 1.72. The van der Waals surface area contributed by atoms with Crippen molar-refractivity contribution in [1.82, 2.24) is 10.3 Å². The van der Waals surface area contributed by atoms with Gasteiger partial charge in [0.1, 0.15) is 5.01 Å². The minimum Gasteiger partial charge on any atom is -0.370 e. The second kappa shape index (κ2) is 5.70. The molecular formula is C10H18N4S. The Bertz CT molecular complexity index is 332. The lowest BCUT2D eigenvalue weighted by Gasteiger charge is -2.11. The van der Waals surface area contributed by atoms with Crippen LogP contribution in [0.25, 0.3) is 0 Å². The van der Waals surface area contributed by atoms with Crippen LogP contribution in [0, 0.1) is 0 Å². The second-order valence-corrected chi connectivity index (χ2v) is 4.39. The van der Waals surface area contributed by atoms with Crippen molar-refractivity contribution in [3.05, 3.63) is 16.1 Å². The lowest BCUT2D eigenvalue weighted by atomic mass is 10.3. The van der Waals surface area contributed by atoms with E-state index >= 15 is 0 Å². The van der Waals surface area contributed by atoms with Gasteiger partial charge in [-0.15, -0.1) is 11.3 Å². The van der Waals surface area contributed by atoms with Crippen LogP contribution in [-0.4, -0.2) is 17.5 Å². The molecular weight excluding hydrogens is 208 g/mol. The van der Waals surface area contributed by atoms with Crippen molar-refractivity contribution in [3.8, 4) is 0 Å². The quantitative estimate of drug-likeness (QED) is 0.606. The van der Waals surface area contributed by atoms with Gasteiger partial charge in [-0.3, -0.25) is 4.99 Å². The fraction of sp³-hybridized carbons (Fsp3) is 0.600. The molecule has 0 aliphatic carbocycles. The lowest BCUT2D eigenvalue weighted by molar-refractivity contribution is 0.702. The maximum atomic E-state index is 5.68. The van der Waals surface area contributed by atoms with Gasteiger partial charge in [-0.25, -0.2) is 4.98 Å². The van der Waals surface area contributed by atoms with Gasteiger partial charge in [0, 0.05) is 17.6 Å². The number of rotatable bonds is 4. The number of nitrogens with two attached hydrogens (primary N) is 1. The predicted molar refractivity (Wildman–Crippen MR) is 65.2 cm³/mol. The maximum Gasteiger partial charge on any atom is 0.189 e. The summed E-state index contributed by atoms with van der Waals surface area (Å²) in [6.07, 6.45) is 2.95. The fourth-order valence-electron chi connectivity index (χ4n) is 1.19. The SMILES string of the molecule is CCN=C(N)NC(C)c1ncc(CC)s1. The van der Waals surface area contributed by atoms with Crippen molar-refractivity contribution in [2.75, 3.05) is 6.54 Å². The summed E-state index contributed by atoms with van der Waals surface area (Å²) in [6.45, 7) is 6.82. The summed E-state index contributed by atoms with van der Waals surface area (Å²) in [4.78, 5) is 9.72. The summed E-state index contributed by atoms with van der Waals surface area (Å²) in [5, 5.41) is 4.17. The summed E-state index contributed by atoms with van der Waals surface area (Å²) in [7, 11) is 0. The molecule has 15 heavy (non-hydrogen) atoms. The number of aryl methyl sites for hydroxylation is 1. The molecule has 84 valence electrons. The summed E-state index contributed by atoms with van der Waals surface area (Å²) in [5.41, 5.74) is 5.68. The Hall–Kier alpha value is -1.10. The fourth-order valence-corrected chi connectivity index (χ4v) is 2.05. The van der Waals surface area contributed by atoms with Crippen molar-refractivity contribution in [3.63, 3.8) is 0 Å². The zero-order valence-electron chi connectivity index (χ0n) is 9.45. The van der Waals surface area contributed by atoms with E-state index in [-0.39, 0.29) is 6.04 Å². The highest BCUT2D eigenvalue weighted by atomic mass is 32.1. The highest BCUT2D eigenvalue weighted by Crippen LogP contribution is 2.19. The molecule has 0 fully saturated rings. The van der Waals surface area contributed by atoms with Crippen LogP contribution in [-0.2, 0) is 6.42 Å². The molecule has 4 nitrogen and oxygen atoms in total. The predicted octanol–water partition coefficient (Wildman–Crippen LogP) is 1.69. The molecule has 1 unspecified atom stereocenters. The average Bonchev–Trinajstić information content (AvgIpc) is 2.66. The lowest BCUT2D eigenvalue weighted by Crippen LogP contribution is -2.33. The highest BCUT2D eigenvalue weighted by molar-refractivity contribution is 7.11. The molecule has 0 aliphatic heterocycles. The smallest absolute Gasteiger partial charge is 0.189 e. The van der Waals surface area contributed by atoms with Gasteiger partial charge in [0.15, 0.2) is 5.96 Å². The van der Waals surface area contributed by atoms with Crippen molar-refractivity contribution in [1.29, 1.82) is 0 Å². The normalized spacial score (nSPS) is 13.9. The number of hydrogen-bond donors (Lipinski definition) is 2. The van der Waals surface area contributed by atoms with Crippen molar-refractivity contribution < 1.29 is 0 Å². The molecule has 1 aromatic rings. The van der Waals surface area contributed by atoms with Crippen molar-refractivity contribution >= 4 is 17.3 Å². The summed E-state index contributed by atoms with van der Waals surface area (Å²) in [5.74, 6) is 0.484. The first kappa shape index (κ1) is 12.0. The second-order valence-electron chi connectivity index (χ2n) is 3.24. The topological polar surface area (TPSA) is 63.3 Å². The molecule has 0 saturated heterocycles. The van der Waals surface area contributed by atoms with E-state index in [1.165, 1.54) is 4.88 Å². The first-order valence-corrected chi connectivity index (χ1v) is 6.00. The molecule has 0 bridgehead atoms. The molecule has 0 aliphatic rings. The molecule has 0 saturated carbocycles. The van der Waals surface area contributed by atoms with Gasteiger partial charge in [-0.1, -0.05) is 6.92 Å². The third-order valence-corrected chi connectivity index (χ3v) is 3.31. The molecule has 1 rings (SSSR count). The number of guanidine groups is 1. The maximum absolute atomic E-state index is 5.68. The molecule has 0 amide bonds. The van der Waals surface area contributed by atoms with Gasteiger partial charge < -0.3 is 11.1 Å². The molecule has 0 aromatic carbocycles. The standard InChI is InChI=1S/C10H18N4S/c1-4-8-6-13-9(15-8)7(3)14-10(11)12-5-2/h6-7H,4-5H2,1-3H3,(H3,11,12,14). The van der Waals surface area contributed by atoms with Crippen LogP contribution in [0.4, 0.5) is 0 Å². The van der Waals surface area contributed by atoms with E-state index in [0.717, 1.165) is 11.4 Å². The Morgan fingerprint density at radius 1 is 1.67 bits per heavy atom. The van der Waals surface area contributed by atoms with E-state index in [1.807, 2.05) is 20.0 Å². The Kier molecular flexibility index (Phi) is 4.55. The van der Waals surface area contributed by atoms with Crippen LogP contribution >= 0.6 is 11.3 Å². The van der Waals surface area contributed by atoms with E-state index in [2.05, 4.69) is 22.2 Å². The van der Waals surface area contributed by atoms with E-state index in [1.54, 1.807) is 11.3 Å². The molecule has 0 spiro atoms. The number of nitrogens with zero attached hydrogens (tertiary/aromatic N) is 2. The van der Waals surface area contributed by atoms with Crippen LogP contribution in [0.1, 0.15) is 36.7 Å². The average molecular weight is 226 g/mol. The first-order chi connectivity index (χ1) is 7.17. The highest BCUT2D eigenvalue weighted by Gasteiger charge is 2.09. The number of thiazole rings is 1. The zero-order valence-corrected chi connectivity index (χ0v) is 10.3. The van der Waals surface area contributed by atoms with Crippen molar-refractivity contribution in [2.24, 2.45) is 10.7 Å². The monoisotopic (exact) mass is 226 g/mol. The molecule has 3 N–H and O–H groups in total. The van der Waals surface area contributed by atoms with Crippen LogP contribution < -0.4 is 11.1 Å². The Morgan fingerprint density at radius 2 is 2.40 bits per heavy atom. The largest absolute Gasteiger partial charge is 0.370 e. The summed E-state index contributed by atoms with van der Waals surface area (Å²) < 4.78 is 0. The van der Waals surface area contributed by atoms with E-state index in [0.29, 0.717) is 12.5 Å². The third-order valence-electron chi connectivity index (χ3n) is 1.98. The molecule has 1 atom stereocenters. The Balaban J connectivity index is 2.60. The molecule has 1 heterocycles. The number of nitrogens with one attached hydrogen (secondary N) is 1. The van der Waals surface area contributed by atoms with Gasteiger partial charge in [0.05, 0.1) is 6.04 Å². The minimum absolute atomic E-state index is 0.130. The molecule has 1 aromatic heterocycles. The van der Waals surface area contributed by atoms with E-state index < -0.39 is 0 Å². The number of aromatic nitrogens is 1. The first-order valence-electron chi connectivity index (χ1n) is 5.18. The van der Waals surface area contributed by atoms with Gasteiger partial charge in [-0.05, 0) is 20.3 Å². The molecule has 5 heteroatoms. The van der Waals surface area contributed by atoms with Crippen LogP contribution in [0.2, 0.25) is 0 Å².